The smallest absolute Gasteiger partial charge is 0.329 e. The number of cyclic esters (lactones) is 1. The fourth-order valence-corrected chi connectivity index (χ4v) is 9.45. The number of nitrogens with two attached hydrogens (primary N) is 1. The van der Waals surface area contributed by atoms with Crippen LogP contribution in [0.4, 0.5) is 0 Å². The number of phenolic OH excluding ortho intramolecular Hbond substituents is 2. The van der Waals surface area contributed by atoms with Gasteiger partial charge in [0.2, 0.25) is 53.2 Å². The van der Waals surface area contributed by atoms with Crippen LogP contribution < -0.4 is 37.6 Å². The molecule has 82 heavy (non-hydrogen) atoms. The van der Waals surface area contributed by atoms with E-state index in [4.69, 9.17) is 10.5 Å². The van der Waals surface area contributed by atoms with Crippen LogP contribution in [-0.4, -0.2) is 186 Å². The fourth-order valence-electron chi connectivity index (χ4n) is 9.45. The van der Waals surface area contributed by atoms with Crippen LogP contribution in [0.1, 0.15) is 83.4 Å². The van der Waals surface area contributed by atoms with Gasteiger partial charge >= 0.3 is 5.97 Å². The molecule has 0 spiro atoms. The maximum Gasteiger partial charge on any atom is 0.329 e. The van der Waals surface area contributed by atoms with Gasteiger partial charge in [-0.05, 0) is 86.9 Å². The lowest BCUT2D eigenvalue weighted by molar-refractivity contribution is -0.170. The highest BCUT2D eigenvalue weighted by Gasteiger charge is 2.47. The second-order valence-electron chi connectivity index (χ2n) is 20.8. The minimum absolute atomic E-state index is 0.0759. The van der Waals surface area contributed by atoms with Crippen molar-refractivity contribution in [2.24, 2.45) is 11.7 Å². The first-order chi connectivity index (χ1) is 38.7. The minimum atomic E-state index is -2.03. The fraction of sp³-hybridized carbons (Fsp3) is 0.500. The van der Waals surface area contributed by atoms with Crippen molar-refractivity contribution in [1.82, 2.24) is 41.7 Å². The number of carbonyl (C=O) groups excluding carboxylic acids is 10. The Labute approximate surface area is 473 Å². The second kappa shape index (κ2) is 29.5. The van der Waals surface area contributed by atoms with Gasteiger partial charge in [0.1, 0.15) is 78.3 Å². The molecule has 0 saturated carbocycles. The number of likely N-dealkylation sites (N-methyl/N-ethyl adjacent to an activating group) is 1. The van der Waals surface area contributed by atoms with Gasteiger partial charge < -0.3 is 82.8 Å². The van der Waals surface area contributed by atoms with Crippen molar-refractivity contribution in [2.45, 2.75) is 165 Å². The van der Waals surface area contributed by atoms with Crippen molar-refractivity contribution >= 4 is 59.1 Å². The summed E-state index contributed by atoms with van der Waals surface area (Å²) in [6, 6.07) is 5.69. The van der Waals surface area contributed by atoms with Crippen LogP contribution >= 0.6 is 0 Å². The Morgan fingerprint density at radius 3 is 1.90 bits per heavy atom. The first-order valence-corrected chi connectivity index (χ1v) is 26.9. The van der Waals surface area contributed by atoms with Gasteiger partial charge in [0.25, 0.3) is 0 Å². The maximum atomic E-state index is 14.9. The van der Waals surface area contributed by atoms with Crippen molar-refractivity contribution in [3.8, 4) is 11.5 Å². The van der Waals surface area contributed by atoms with Gasteiger partial charge in [-0.2, -0.15) is 0 Å². The molecule has 446 valence electrons. The molecule has 3 aromatic rings. The van der Waals surface area contributed by atoms with E-state index in [1.165, 1.54) is 69.4 Å². The van der Waals surface area contributed by atoms with E-state index in [2.05, 4.69) is 31.9 Å². The number of nitrogens with one attached hydrogen (secondary N) is 6. The van der Waals surface area contributed by atoms with Crippen molar-refractivity contribution in [3.05, 3.63) is 95.6 Å². The third kappa shape index (κ3) is 17.4. The molecule has 14 N–H and O–H groups in total. The lowest BCUT2D eigenvalue weighted by atomic mass is 9.96. The molecular weight excluding hydrogens is 1070 g/mol. The normalized spacial score (nSPS) is 24.5. The summed E-state index contributed by atoms with van der Waals surface area (Å²) in [5.41, 5.74) is 6.76. The first-order valence-electron chi connectivity index (χ1n) is 26.9. The van der Waals surface area contributed by atoms with E-state index in [0.717, 1.165) is 16.7 Å². The zero-order valence-electron chi connectivity index (χ0n) is 46.4. The van der Waals surface area contributed by atoms with Gasteiger partial charge in [0, 0.05) is 32.7 Å². The maximum absolute atomic E-state index is 14.9. The number of aliphatic hydroxyl groups is 4. The molecule has 2 saturated heterocycles. The number of primary amides is 1. The summed E-state index contributed by atoms with van der Waals surface area (Å²) in [5, 5.41) is 78.5. The summed E-state index contributed by atoms with van der Waals surface area (Å²) < 4.78 is 5.92. The minimum Gasteiger partial charge on any atom is -0.508 e. The number of carbonyl (C=O) groups is 10. The van der Waals surface area contributed by atoms with E-state index in [1.54, 1.807) is 44.2 Å². The van der Waals surface area contributed by atoms with Crippen LogP contribution in [0.5, 0.6) is 11.5 Å². The number of hydrogen-bond acceptors (Lipinski definition) is 17. The zero-order chi connectivity index (χ0) is 60.7. The van der Waals surface area contributed by atoms with Crippen molar-refractivity contribution in [1.29, 1.82) is 0 Å². The summed E-state index contributed by atoms with van der Waals surface area (Å²) in [6.45, 7) is 6.81. The third-order valence-electron chi connectivity index (χ3n) is 14.5. The molecule has 0 aliphatic carbocycles. The van der Waals surface area contributed by atoms with Crippen LogP contribution in [0.15, 0.2) is 78.9 Å². The highest BCUT2D eigenvalue weighted by molar-refractivity contribution is 5.99. The number of benzene rings is 3. The highest BCUT2D eigenvalue weighted by atomic mass is 16.5. The van der Waals surface area contributed by atoms with E-state index in [0.29, 0.717) is 16.7 Å². The van der Waals surface area contributed by atoms with E-state index >= 15 is 0 Å². The summed E-state index contributed by atoms with van der Waals surface area (Å²) in [7, 11) is 1.25. The highest BCUT2D eigenvalue weighted by Crippen LogP contribution is 2.25. The molecule has 26 nitrogen and oxygen atoms in total. The van der Waals surface area contributed by atoms with Gasteiger partial charge in [-0.3, -0.25) is 43.2 Å². The monoisotopic (exact) mass is 1150 g/mol. The van der Waals surface area contributed by atoms with Gasteiger partial charge in [0.15, 0.2) is 0 Å². The molecule has 26 heteroatoms. The van der Waals surface area contributed by atoms with Gasteiger partial charge in [-0.15, -0.1) is 0 Å². The SMILES string of the molecule is CC[C@H](C)[C@@H]1NC(=O)C(Cc2ccccc2)N(C)C(=O)[C@H]([C@@H](C)O)N2C(=O)[C@H](CC[C@H]2O)NC(=O)[C@H](Cc2ccc(O)cc2)NC(=O)[C@@H](NC(=O)[C@H](CCC(N)=O)NC(=O)[C@@H](NC(=O)[C@H](O)Cc2ccc(O)cc2)[C@@H](C)O)[C@@H](C)OC1=O. The number of phenols is 2. The third-order valence-corrected chi connectivity index (χ3v) is 14.5. The Morgan fingerprint density at radius 2 is 1.33 bits per heavy atom. The molecule has 1 unspecified atom stereocenters. The number of fused-ring (bicyclic) bond motifs is 2. The summed E-state index contributed by atoms with van der Waals surface area (Å²) >= 11 is 0. The number of aliphatic hydroxyl groups excluding tert-OH is 4. The number of aromatic hydroxyl groups is 2. The van der Waals surface area contributed by atoms with Crippen LogP contribution in [0.3, 0.4) is 0 Å². The number of esters is 1. The Hall–Kier alpha value is -8.20. The Kier molecular flexibility index (Phi) is 23.2. The average Bonchev–Trinajstić information content (AvgIpc) is 3.52. The first kappa shape index (κ1) is 64.6. The number of rotatable bonds is 19. The average molecular weight is 1150 g/mol. The molecule has 9 amide bonds. The molecule has 3 aromatic carbocycles. The van der Waals surface area contributed by atoms with E-state index < -0.39 is 157 Å². The van der Waals surface area contributed by atoms with Crippen LogP contribution in [0.25, 0.3) is 0 Å². The molecule has 0 radical (unpaired) electrons. The van der Waals surface area contributed by atoms with Crippen molar-refractivity contribution < 1.29 is 83.3 Å². The predicted octanol–water partition coefficient (Wildman–Crippen LogP) is -2.45. The molecule has 2 heterocycles. The Balaban J connectivity index is 1.59. The standard InChI is InChI=1S/C56H75N9O17/c1-7-28(2)44-56(81)82-31(5)46(63-48(73)37(21-23-42(57)71)58-52(77)45(29(3)66)62-51(76)41(70)27-34-15-19-36(69)20-16-34)53(78)60-39(25-33-13-17-35(68)18-14-33)49(74)59-38-22-24-43(72)65(54(38)79)47(30(4)67)55(80)64(6)40(50(75)61-44)26-32-11-9-8-10-12-32/h8-20,28-31,37-41,43-47,66-70,72H,7,21-27H2,1-6H3,(H2,57,71)(H,58,77)(H,59,74)(H,60,78)(H,61,75)(H,62,76)(H,63,73)/t28-,29+,30+,31+,37-,38-,39-,40?,41+,43+,44-,45-,46-,47-/m0/s1. The molecular formula is C56H75N9O17. The summed E-state index contributed by atoms with van der Waals surface area (Å²) in [4.78, 5) is 144. The van der Waals surface area contributed by atoms with Crippen LogP contribution in [0, 0.1) is 5.92 Å². The van der Waals surface area contributed by atoms with Gasteiger partial charge in [-0.25, -0.2) is 4.79 Å². The topological polar surface area (TPSA) is 406 Å². The van der Waals surface area contributed by atoms with Crippen LogP contribution in [-0.2, 0) is 71.9 Å². The Morgan fingerprint density at radius 1 is 0.732 bits per heavy atom. The Bertz CT molecular complexity index is 2750. The van der Waals surface area contributed by atoms with E-state index in [1.807, 2.05) is 0 Å². The van der Waals surface area contributed by atoms with Gasteiger partial charge in [-0.1, -0.05) is 74.9 Å². The predicted molar refractivity (Wildman–Crippen MR) is 291 cm³/mol. The molecule has 2 fully saturated rings. The van der Waals surface area contributed by atoms with Crippen molar-refractivity contribution in [2.75, 3.05) is 7.05 Å². The number of hydrogen-bond donors (Lipinski definition) is 13. The second-order valence-corrected chi connectivity index (χ2v) is 20.8. The molecule has 2 bridgehead atoms. The molecule has 5 rings (SSSR count). The lowest BCUT2D eigenvalue weighted by Crippen LogP contribution is -2.67. The van der Waals surface area contributed by atoms with Gasteiger partial charge in [0.05, 0.1) is 12.2 Å². The zero-order valence-corrected chi connectivity index (χ0v) is 46.4. The van der Waals surface area contributed by atoms with Crippen molar-refractivity contribution in [3.63, 3.8) is 0 Å². The molecule has 0 aromatic heterocycles. The molecule has 14 atom stereocenters. The molecule has 2 aliphatic heterocycles. The lowest BCUT2D eigenvalue weighted by Gasteiger charge is -2.43. The molecule has 2 aliphatic rings. The number of piperidine rings is 1. The number of ether oxygens (including phenoxy) is 1. The van der Waals surface area contributed by atoms with E-state index in [-0.39, 0.29) is 50.0 Å². The summed E-state index contributed by atoms with van der Waals surface area (Å²) in [5.74, 6) is -11.8. The van der Waals surface area contributed by atoms with Crippen LogP contribution in [0.2, 0.25) is 0 Å². The summed E-state index contributed by atoms with van der Waals surface area (Å²) in [6.07, 6.45) is -10.7. The largest absolute Gasteiger partial charge is 0.508 e. The number of nitrogens with zero attached hydrogens (tertiary/aromatic N) is 2. The van der Waals surface area contributed by atoms with E-state index in [9.17, 15) is 78.6 Å². The number of amides is 9. The quantitative estimate of drug-likeness (QED) is 0.0554.